The van der Waals surface area contributed by atoms with E-state index in [9.17, 15) is 4.79 Å². The predicted molar refractivity (Wildman–Crippen MR) is 80.1 cm³/mol. The van der Waals surface area contributed by atoms with Gasteiger partial charge in [0.25, 0.3) is 5.91 Å². The monoisotopic (exact) mass is 283 g/mol. The minimum atomic E-state index is -0.0911. The summed E-state index contributed by atoms with van der Waals surface area (Å²) in [5.74, 6) is 0.553. The van der Waals surface area contributed by atoms with Crippen LogP contribution in [-0.4, -0.2) is 22.2 Å². The van der Waals surface area contributed by atoms with E-state index >= 15 is 0 Å². The number of nitrogens with one attached hydrogen (secondary N) is 1. The molecule has 0 saturated heterocycles. The van der Waals surface area contributed by atoms with Gasteiger partial charge in [-0.2, -0.15) is 5.10 Å². The molecule has 2 aromatic heterocycles. The van der Waals surface area contributed by atoms with E-state index in [1.165, 1.54) is 6.26 Å². The van der Waals surface area contributed by atoms with E-state index in [4.69, 9.17) is 4.42 Å². The number of aromatic nitrogens is 2. The lowest BCUT2D eigenvalue weighted by Gasteiger charge is -2.06. The Morgan fingerprint density at radius 2 is 2.19 bits per heavy atom. The fourth-order valence-electron chi connectivity index (χ4n) is 2.35. The van der Waals surface area contributed by atoms with Crippen molar-refractivity contribution in [3.63, 3.8) is 0 Å². The summed E-state index contributed by atoms with van der Waals surface area (Å²) >= 11 is 0. The quantitative estimate of drug-likeness (QED) is 0.732. The molecule has 0 fully saturated rings. The van der Waals surface area contributed by atoms with Crippen molar-refractivity contribution < 1.29 is 9.21 Å². The third-order valence-electron chi connectivity index (χ3n) is 3.49. The SMILES string of the molecule is Cc1occc1C(=O)NCCCn1ncc2ccccc21. The van der Waals surface area contributed by atoms with Gasteiger partial charge in [0.2, 0.25) is 0 Å². The van der Waals surface area contributed by atoms with Crippen LogP contribution in [-0.2, 0) is 6.54 Å². The second-order valence-corrected chi connectivity index (χ2v) is 4.93. The van der Waals surface area contributed by atoms with Gasteiger partial charge in [-0.05, 0) is 25.5 Å². The van der Waals surface area contributed by atoms with Gasteiger partial charge in [-0.15, -0.1) is 0 Å². The Kier molecular flexibility index (Phi) is 3.73. The largest absolute Gasteiger partial charge is 0.469 e. The first-order valence-corrected chi connectivity index (χ1v) is 6.98. The highest BCUT2D eigenvalue weighted by Crippen LogP contribution is 2.12. The van der Waals surface area contributed by atoms with Crippen LogP contribution in [0.4, 0.5) is 0 Å². The zero-order valence-corrected chi connectivity index (χ0v) is 11.9. The summed E-state index contributed by atoms with van der Waals surface area (Å²) < 4.78 is 7.09. The van der Waals surface area contributed by atoms with E-state index in [1.54, 1.807) is 13.0 Å². The Bertz CT molecular complexity index is 758. The molecule has 1 N–H and O–H groups in total. The molecule has 2 heterocycles. The Hall–Kier alpha value is -2.56. The van der Waals surface area contributed by atoms with Gasteiger partial charge in [0, 0.05) is 18.5 Å². The van der Waals surface area contributed by atoms with E-state index < -0.39 is 0 Å². The summed E-state index contributed by atoms with van der Waals surface area (Å²) in [6.07, 6.45) is 4.22. The number of para-hydroxylation sites is 1. The molecule has 1 aromatic carbocycles. The Labute approximate surface area is 122 Å². The molecule has 0 bridgehead atoms. The molecule has 108 valence electrons. The van der Waals surface area contributed by atoms with E-state index in [2.05, 4.69) is 16.5 Å². The number of fused-ring (bicyclic) bond motifs is 1. The van der Waals surface area contributed by atoms with Crippen LogP contribution in [0.15, 0.2) is 47.2 Å². The molecular formula is C16H17N3O2. The summed E-state index contributed by atoms with van der Waals surface area (Å²) in [5, 5.41) is 8.40. The number of furan rings is 1. The number of rotatable bonds is 5. The molecule has 0 aliphatic heterocycles. The van der Waals surface area contributed by atoms with Crippen molar-refractivity contribution in [3.8, 4) is 0 Å². The Morgan fingerprint density at radius 1 is 1.33 bits per heavy atom. The fraction of sp³-hybridized carbons (Fsp3) is 0.250. The zero-order valence-electron chi connectivity index (χ0n) is 11.9. The maximum absolute atomic E-state index is 11.9. The van der Waals surface area contributed by atoms with Crippen LogP contribution in [0, 0.1) is 6.92 Å². The Balaban J connectivity index is 1.53. The van der Waals surface area contributed by atoms with Crippen LogP contribution in [0.1, 0.15) is 22.5 Å². The first kappa shape index (κ1) is 13.4. The highest BCUT2D eigenvalue weighted by Gasteiger charge is 2.10. The smallest absolute Gasteiger partial charge is 0.254 e. The minimum Gasteiger partial charge on any atom is -0.469 e. The van der Waals surface area contributed by atoms with E-state index in [1.807, 2.05) is 29.1 Å². The summed E-state index contributed by atoms with van der Waals surface area (Å²) in [6, 6.07) is 9.79. The van der Waals surface area contributed by atoms with Gasteiger partial charge in [-0.3, -0.25) is 9.48 Å². The van der Waals surface area contributed by atoms with Gasteiger partial charge in [0.05, 0.1) is 23.5 Å². The number of hydrogen-bond acceptors (Lipinski definition) is 3. The molecule has 3 aromatic rings. The lowest BCUT2D eigenvalue weighted by molar-refractivity contribution is 0.0951. The van der Waals surface area contributed by atoms with Crippen LogP contribution >= 0.6 is 0 Å². The second kappa shape index (κ2) is 5.83. The van der Waals surface area contributed by atoms with E-state index in [0.29, 0.717) is 17.9 Å². The highest BCUT2D eigenvalue weighted by atomic mass is 16.3. The first-order valence-electron chi connectivity index (χ1n) is 6.98. The van der Waals surface area contributed by atoms with Crippen molar-refractivity contribution in [1.82, 2.24) is 15.1 Å². The first-order chi connectivity index (χ1) is 10.3. The molecule has 1 amide bonds. The predicted octanol–water partition coefficient (Wildman–Crippen LogP) is 2.76. The standard InChI is InChI=1S/C16H17N3O2/c1-12-14(7-10-21-12)16(20)17-8-4-9-19-15-6-3-2-5-13(15)11-18-19/h2-3,5-7,10-11H,4,8-9H2,1H3,(H,17,20). The van der Waals surface area contributed by atoms with E-state index in [-0.39, 0.29) is 5.91 Å². The molecule has 3 rings (SSSR count). The number of carbonyl (C=O) groups excluding carboxylic acids is 1. The highest BCUT2D eigenvalue weighted by molar-refractivity contribution is 5.94. The summed E-state index contributed by atoms with van der Waals surface area (Å²) in [5.41, 5.74) is 1.72. The van der Waals surface area contributed by atoms with Crippen molar-refractivity contribution >= 4 is 16.8 Å². The number of nitrogens with zero attached hydrogens (tertiary/aromatic N) is 2. The zero-order chi connectivity index (χ0) is 14.7. The average Bonchev–Trinajstić information content (AvgIpc) is 3.10. The second-order valence-electron chi connectivity index (χ2n) is 4.93. The molecule has 5 nitrogen and oxygen atoms in total. The van der Waals surface area contributed by atoms with Gasteiger partial charge in [0.15, 0.2) is 0 Å². The molecular weight excluding hydrogens is 266 g/mol. The average molecular weight is 283 g/mol. The molecule has 0 unspecified atom stereocenters. The lowest BCUT2D eigenvalue weighted by Crippen LogP contribution is -2.25. The van der Waals surface area contributed by atoms with Crippen LogP contribution in [0.3, 0.4) is 0 Å². The minimum absolute atomic E-state index is 0.0911. The summed E-state index contributed by atoms with van der Waals surface area (Å²) in [4.78, 5) is 11.9. The normalized spacial score (nSPS) is 10.9. The van der Waals surface area contributed by atoms with E-state index in [0.717, 1.165) is 23.9 Å². The van der Waals surface area contributed by atoms with Gasteiger partial charge in [-0.1, -0.05) is 18.2 Å². The Morgan fingerprint density at radius 3 is 3.00 bits per heavy atom. The van der Waals surface area contributed by atoms with Crippen molar-refractivity contribution in [2.75, 3.05) is 6.54 Å². The van der Waals surface area contributed by atoms with Crippen LogP contribution in [0.5, 0.6) is 0 Å². The number of aryl methyl sites for hydroxylation is 2. The maximum atomic E-state index is 11.9. The molecule has 0 saturated carbocycles. The molecule has 5 heteroatoms. The van der Waals surface area contributed by atoms with Gasteiger partial charge >= 0.3 is 0 Å². The molecule has 0 spiro atoms. The maximum Gasteiger partial charge on any atom is 0.254 e. The van der Waals surface area contributed by atoms with Crippen molar-refractivity contribution in [2.24, 2.45) is 0 Å². The number of benzene rings is 1. The molecule has 0 aliphatic carbocycles. The summed E-state index contributed by atoms with van der Waals surface area (Å²) in [6.45, 7) is 3.17. The number of hydrogen-bond donors (Lipinski definition) is 1. The number of amides is 1. The fourth-order valence-corrected chi connectivity index (χ4v) is 2.35. The third kappa shape index (κ3) is 2.81. The molecule has 21 heavy (non-hydrogen) atoms. The topological polar surface area (TPSA) is 60.1 Å². The van der Waals surface area contributed by atoms with Gasteiger partial charge in [0.1, 0.15) is 5.76 Å². The lowest BCUT2D eigenvalue weighted by atomic mass is 10.2. The molecule has 0 aliphatic rings. The van der Waals surface area contributed by atoms with Gasteiger partial charge in [-0.25, -0.2) is 0 Å². The van der Waals surface area contributed by atoms with Gasteiger partial charge < -0.3 is 9.73 Å². The third-order valence-corrected chi connectivity index (χ3v) is 3.49. The molecule has 0 radical (unpaired) electrons. The number of carbonyl (C=O) groups is 1. The van der Waals surface area contributed by atoms with Crippen LogP contribution in [0.25, 0.3) is 10.9 Å². The van der Waals surface area contributed by atoms with Crippen molar-refractivity contribution in [1.29, 1.82) is 0 Å². The summed E-state index contributed by atoms with van der Waals surface area (Å²) in [7, 11) is 0. The molecule has 0 atom stereocenters. The van der Waals surface area contributed by atoms with Crippen LogP contribution in [0.2, 0.25) is 0 Å². The van der Waals surface area contributed by atoms with Crippen molar-refractivity contribution in [2.45, 2.75) is 19.9 Å². The van der Waals surface area contributed by atoms with Crippen molar-refractivity contribution in [3.05, 3.63) is 54.1 Å². The van der Waals surface area contributed by atoms with Crippen LogP contribution < -0.4 is 5.32 Å².